The number of likely N-dealkylation sites (tertiary alicyclic amines) is 1. The number of fused-ring (bicyclic) bond motifs is 1. The lowest BCUT2D eigenvalue weighted by Crippen LogP contribution is -2.41. The van der Waals surface area contributed by atoms with Crippen LogP contribution in [0.3, 0.4) is 0 Å². The van der Waals surface area contributed by atoms with Gasteiger partial charge in [0, 0.05) is 45.8 Å². The van der Waals surface area contributed by atoms with E-state index in [0.29, 0.717) is 18.8 Å². The van der Waals surface area contributed by atoms with E-state index < -0.39 is 0 Å². The fourth-order valence-corrected chi connectivity index (χ4v) is 5.02. The summed E-state index contributed by atoms with van der Waals surface area (Å²) < 4.78 is 22.5. The average molecular weight is 499 g/mol. The van der Waals surface area contributed by atoms with Crippen LogP contribution in [-0.2, 0) is 17.8 Å². The first-order valence-corrected chi connectivity index (χ1v) is 13.2. The highest BCUT2D eigenvalue weighted by Gasteiger charge is 2.19. The molecule has 3 aliphatic rings. The monoisotopic (exact) mass is 498 g/mol. The minimum absolute atomic E-state index is 0.145. The smallest absolute Gasteiger partial charge is 0.287 e. The van der Waals surface area contributed by atoms with E-state index in [9.17, 15) is 4.79 Å². The second-order valence-corrected chi connectivity index (χ2v) is 9.78. The molecule has 4 heterocycles. The number of ether oxygens (including phenoxy) is 3. The van der Waals surface area contributed by atoms with Gasteiger partial charge in [0.25, 0.3) is 5.91 Å². The van der Waals surface area contributed by atoms with Gasteiger partial charge in [0.1, 0.15) is 5.76 Å². The van der Waals surface area contributed by atoms with E-state index in [1.165, 1.54) is 19.3 Å². The summed E-state index contributed by atoms with van der Waals surface area (Å²) in [5, 5.41) is 3.01. The van der Waals surface area contributed by atoms with Crippen LogP contribution in [0.1, 0.15) is 41.1 Å². The highest BCUT2D eigenvalue weighted by atomic mass is 16.7. The first-order valence-electron chi connectivity index (χ1n) is 13.2. The fourth-order valence-electron chi connectivity index (χ4n) is 5.02. The molecule has 0 atom stereocenters. The Morgan fingerprint density at radius 3 is 2.56 bits per heavy atom. The van der Waals surface area contributed by atoms with Crippen LogP contribution in [0.2, 0.25) is 0 Å². The van der Waals surface area contributed by atoms with Gasteiger partial charge in [-0.15, -0.1) is 0 Å². The molecule has 9 heteroatoms. The number of nitrogens with zero attached hydrogens (tertiary/aromatic N) is 3. The lowest BCUT2D eigenvalue weighted by Gasteiger charge is -2.29. The third kappa shape index (κ3) is 7.00. The van der Waals surface area contributed by atoms with E-state index in [4.69, 9.17) is 18.6 Å². The van der Waals surface area contributed by atoms with Crippen LogP contribution in [0.25, 0.3) is 0 Å². The number of piperidine rings is 1. The summed E-state index contributed by atoms with van der Waals surface area (Å²) in [5.41, 5.74) is 1.16. The van der Waals surface area contributed by atoms with Crippen LogP contribution in [-0.4, -0.2) is 93.0 Å². The molecule has 0 unspecified atom stereocenters. The third-order valence-electron chi connectivity index (χ3n) is 7.11. The Kier molecular flexibility index (Phi) is 8.76. The maximum absolute atomic E-state index is 12.6. The number of morpholine rings is 1. The predicted molar refractivity (Wildman–Crippen MR) is 135 cm³/mol. The second-order valence-electron chi connectivity index (χ2n) is 9.78. The van der Waals surface area contributed by atoms with Gasteiger partial charge in [-0.3, -0.25) is 14.6 Å². The van der Waals surface area contributed by atoms with Crippen molar-refractivity contribution in [1.29, 1.82) is 0 Å². The van der Waals surface area contributed by atoms with E-state index in [1.54, 1.807) is 6.07 Å². The molecular weight excluding hydrogens is 460 g/mol. The topological polar surface area (TPSA) is 79.7 Å². The average Bonchev–Trinajstić information content (AvgIpc) is 3.58. The Labute approximate surface area is 213 Å². The van der Waals surface area contributed by atoms with Crippen molar-refractivity contribution in [2.45, 2.75) is 32.4 Å². The molecule has 36 heavy (non-hydrogen) atoms. The molecule has 196 valence electrons. The summed E-state index contributed by atoms with van der Waals surface area (Å²) in [6.07, 6.45) is 3.82. The first-order chi connectivity index (χ1) is 17.7. The van der Waals surface area contributed by atoms with Crippen molar-refractivity contribution in [1.82, 2.24) is 20.0 Å². The fraction of sp³-hybridized carbons (Fsp3) is 0.593. The Hall–Kier alpha value is -2.59. The lowest BCUT2D eigenvalue weighted by atomic mass is 10.1. The molecular formula is C27H38N4O5. The predicted octanol–water partition coefficient (Wildman–Crippen LogP) is 2.56. The zero-order valence-electron chi connectivity index (χ0n) is 21.1. The molecule has 0 radical (unpaired) electrons. The van der Waals surface area contributed by atoms with Crippen molar-refractivity contribution in [3.63, 3.8) is 0 Å². The van der Waals surface area contributed by atoms with Gasteiger partial charge in [0.2, 0.25) is 6.79 Å². The van der Waals surface area contributed by atoms with Crippen LogP contribution in [0, 0.1) is 0 Å². The number of hydrogen-bond acceptors (Lipinski definition) is 8. The van der Waals surface area contributed by atoms with Gasteiger partial charge in [-0.25, -0.2) is 0 Å². The summed E-state index contributed by atoms with van der Waals surface area (Å²) >= 11 is 0. The van der Waals surface area contributed by atoms with Gasteiger partial charge in [0.05, 0.1) is 19.8 Å². The van der Waals surface area contributed by atoms with Gasteiger partial charge in [-0.1, -0.05) is 12.5 Å². The minimum Gasteiger partial charge on any atom is -0.455 e. The molecule has 0 spiro atoms. The second kappa shape index (κ2) is 12.6. The van der Waals surface area contributed by atoms with Gasteiger partial charge in [-0.05, 0) is 55.8 Å². The number of carbonyl (C=O) groups excluding carboxylic acids is 1. The van der Waals surface area contributed by atoms with Gasteiger partial charge in [-0.2, -0.15) is 0 Å². The number of amides is 1. The summed E-state index contributed by atoms with van der Waals surface area (Å²) in [6.45, 7) is 10.8. The first kappa shape index (κ1) is 25.1. The van der Waals surface area contributed by atoms with Gasteiger partial charge in [0.15, 0.2) is 17.3 Å². The number of furan rings is 1. The van der Waals surface area contributed by atoms with E-state index in [1.807, 2.05) is 18.2 Å². The Balaban J connectivity index is 1.17. The van der Waals surface area contributed by atoms with E-state index in [0.717, 1.165) is 88.4 Å². The summed E-state index contributed by atoms with van der Waals surface area (Å²) in [7, 11) is 0. The van der Waals surface area contributed by atoms with E-state index in [-0.39, 0.29) is 12.7 Å². The molecule has 0 aliphatic carbocycles. The summed E-state index contributed by atoms with van der Waals surface area (Å²) in [6, 6.07) is 9.80. The zero-order chi connectivity index (χ0) is 24.6. The van der Waals surface area contributed by atoms with Crippen LogP contribution < -0.4 is 14.8 Å². The van der Waals surface area contributed by atoms with E-state index >= 15 is 0 Å². The maximum Gasteiger partial charge on any atom is 0.287 e. The Morgan fingerprint density at radius 1 is 0.889 bits per heavy atom. The molecule has 1 N–H and O–H groups in total. The lowest BCUT2D eigenvalue weighted by molar-refractivity contribution is 0.0321. The normalized spacial score (nSPS) is 18.6. The van der Waals surface area contributed by atoms with Crippen molar-refractivity contribution in [2.24, 2.45) is 0 Å². The molecule has 0 saturated carbocycles. The van der Waals surface area contributed by atoms with Crippen LogP contribution >= 0.6 is 0 Å². The SMILES string of the molecule is O=C(NCCN1CCCCC1)c1ccc(CN(CCN2CCOCC2)Cc2ccc3c(c2)OCO3)o1. The van der Waals surface area contributed by atoms with Crippen LogP contribution in [0.4, 0.5) is 0 Å². The van der Waals surface area contributed by atoms with Crippen LogP contribution in [0.5, 0.6) is 11.5 Å². The molecule has 2 aromatic rings. The van der Waals surface area contributed by atoms with E-state index in [2.05, 4.69) is 26.1 Å². The minimum atomic E-state index is -0.145. The Bertz CT molecular complexity index is 984. The highest BCUT2D eigenvalue weighted by molar-refractivity contribution is 5.91. The molecule has 2 saturated heterocycles. The summed E-state index contributed by atoms with van der Waals surface area (Å²) in [5.74, 6) is 2.61. The molecule has 1 aromatic carbocycles. The number of rotatable bonds is 11. The van der Waals surface area contributed by atoms with Gasteiger partial charge < -0.3 is 28.8 Å². The highest BCUT2D eigenvalue weighted by Crippen LogP contribution is 2.33. The molecule has 0 bridgehead atoms. The van der Waals surface area contributed by atoms with Crippen molar-refractivity contribution in [3.05, 3.63) is 47.4 Å². The largest absolute Gasteiger partial charge is 0.455 e. The zero-order valence-corrected chi connectivity index (χ0v) is 21.1. The number of nitrogens with one attached hydrogen (secondary N) is 1. The third-order valence-corrected chi connectivity index (χ3v) is 7.11. The number of hydrogen-bond donors (Lipinski definition) is 1. The Morgan fingerprint density at radius 2 is 1.69 bits per heavy atom. The summed E-state index contributed by atoms with van der Waals surface area (Å²) in [4.78, 5) is 19.8. The van der Waals surface area contributed by atoms with Crippen LogP contribution in [0.15, 0.2) is 34.7 Å². The number of benzene rings is 1. The maximum atomic E-state index is 12.6. The van der Waals surface area contributed by atoms with Crippen molar-refractivity contribution in [3.8, 4) is 11.5 Å². The van der Waals surface area contributed by atoms with Crippen molar-refractivity contribution >= 4 is 5.91 Å². The van der Waals surface area contributed by atoms with Crippen molar-refractivity contribution < 1.29 is 23.4 Å². The molecule has 1 amide bonds. The molecule has 1 aromatic heterocycles. The quantitative estimate of drug-likeness (QED) is 0.507. The van der Waals surface area contributed by atoms with Crippen molar-refractivity contribution in [2.75, 3.05) is 72.4 Å². The standard InChI is InChI=1S/C27H38N4O5/c32-27(28-8-11-29-9-2-1-3-10-29)25-7-5-23(36-25)20-31(13-12-30-14-16-33-17-15-30)19-22-4-6-24-26(18-22)35-21-34-24/h4-7,18H,1-3,8-17,19-21H2,(H,28,32). The molecule has 2 fully saturated rings. The molecule has 3 aliphatic heterocycles. The molecule has 9 nitrogen and oxygen atoms in total. The van der Waals surface area contributed by atoms with Gasteiger partial charge >= 0.3 is 0 Å². The number of carbonyl (C=O) groups is 1. The molecule has 5 rings (SSSR count).